The molecule has 1 unspecified atom stereocenters. The molecular formula is C24H28F2N4O3S. The summed E-state index contributed by atoms with van der Waals surface area (Å²) in [6.45, 7) is 1.84. The number of fused-ring (bicyclic) bond motifs is 2. The Morgan fingerprint density at radius 1 is 1.12 bits per heavy atom. The Bertz CT molecular complexity index is 1250. The molecule has 1 spiro atoms. The van der Waals surface area contributed by atoms with Crippen LogP contribution >= 0.6 is 0 Å². The fourth-order valence-corrected chi connectivity index (χ4v) is 6.67. The minimum atomic E-state index is -4.32. The van der Waals surface area contributed by atoms with Gasteiger partial charge in [0.2, 0.25) is 5.91 Å². The van der Waals surface area contributed by atoms with Crippen molar-refractivity contribution < 1.29 is 22.0 Å². The van der Waals surface area contributed by atoms with E-state index < -0.39 is 32.0 Å². The molecule has 1 saturated heterocycles. The van der Waals surface area contributed by atoms with Gasteiger partial charge < -0.3 is 15.5 Å². The molecule has 2 aromatic rings. The van der Waals surface area contributed by atoms with E-state index in [2.05, 4.69) is 27.3 Å². The van der Waals surface area contributed by atoms with Gasteiger partial charge in [-0.3, -0.25) is 9.52 Å². The van der Waals surface area contributed by atoms with Gasteiger partial charge in [-0.05, 0) is 69.1 Å². The summed E-state index contributed by atoms with van der Waals surface area (Å²) in [6.07, 6.45) is 5.21. The number of benzene rings is 2. The van der Waals surface area contributed by atoms with Gasteiger partial charge in [0.05, 0.1) is 22.5 Å². The van der Waals surface area contributed by atoms with Gasteiger partial charge >= 0.3 is 0 Å². The molecule has 2 heterocycles. The van der Waals surface area contributed by atoms with Gasteiger partial charge in [0, 0.05) is 18.7 Å². The summed E-state index contributed by atoms with van der Waals surface area (Å²) >= 11 is 0. The SMILES string of the molecule is CN1CCCC(Nc2cc(NS(=O)(=O)c3ccc(F)cc3F)cc3c2NC(=O)C32CCCC2)C1. The largest absolute Gasteiger partial charge is 0.379 e. The third kappa shape index (κ3) is 4.02. The predicted molar refractivity (Wildman–Crippen MR) is 127 cm³/mol. The second kappa shape index (κ2) is 8.49. The molecule has 0 radical (unpaired) electrons. The monoisotopic (exact) mass is 490 g/mol. The van der Waals surface area contributed by atoms with Gasteiger partial charge in [-0.25, -0.2) is 17.2 Å². The van der Waals surface area contributed by atoms with Crippen LogP contribution < -0.4 is 15.4 Å². The Labute approximate surface area is 198 Å². The summed E-state index contributed by atoms with van der Waals surface area (Å²) in [5.41, 5.74) is 1.65. The van der Waals surface area contributed by atoms with E-state index in [1.54, 1.807) is 12.1 Å². The first kappa shape index (κ1) is 23.0. The molecular weight excluding hydrogens is 462 g/mol. The van der Waals surface area contributed by atoms with Gasteiger partial charge in [0.15, 0.2) is 0 Å². The highest BCUT2D eigenvalue weighted by Gasteiger charge is 2.49. The van der Waals surface area contributed by atoms with E-state index in [0.717, 1.165) is 56.5 Å². The van der Waals surface area contributed by atoms with Crippen molar-refractivity contribution >= 4 is 33.0 Å². The van der Waals surface area contributed by atoms with E-state index in [9.17, 15) is 22.0 Å². The molecule has 5 rings (SSSR count). The number of hydrogen-bond acceptors (Lipinski definition) is 5. The summed E-state index contributed by atoms with van der Waals surface area (Å²) in [5.74, 6) is -2.08. The van der Waals surface area contributed by atoms with Crippen molar-refractivity contribution in [1.82, 2.24) is 4.90 Å². The zero-order valence-electron chi connectivity index (χ0n) is 19.0. The molecule has 34 heavy (non-hydrogen) atoms. The Kier molecular flexibility index (Phi) is 5.76. The lowest BCUT2D eigenvalue weighted by Gasteiger charge is -2.31. The van der Waals surface area contributed by atoms with Crippen molar-refractivity contribution in [3.05, 3.63) is 47.5 Å². The molecule has 1 amide bonds. The van der Waals surface area contributed by atoms with Gasteiger partial charge in [-0.2, -0.15) is 0 Å². The van der Waals surface area contributed by atoms with Crippen LogP contribution in [0.2, 0.25) is 0 Å². The number of sulfonamides is 1. The average Bonchev–Trinajstić information content (AvgIpc) is 3.35. The molecule has 0 aromatic heterocycles. The van der Waals surface area contributed by atoms with Gasteiger partial charge in [-0.1, -0.05) is 12.8 Å². The number of nitrogens with one attached hydrogen (secondary N) is 3. The van der Waals surface area contributed by atoms with Crippen LogP contribution in [-0.4, -0.2) is 45.4 Å². The van der Waals surface area contributed by atoms with Crippen LogP contribution in [0.5, 0.6) is 0 Å². The van der Waals surface area contributed by atoms with E-state index in [4.69, 9.17) is 0 Å². The number of carbonyl (C=O) groups excluding carboxylic acids is 1. The van der Waals surface area contributed by atoms with Gasteiger partial charge in [0.25, 0.3) is 10.0 Å². The predicted octanol–water partition coefficient (Wildman–Crippen LogP) is 4.04. The second-order valence-electron chi connectivity index (χ2n) is 9.62. The quantitative estimate of drug-likeness (QED) is 0.589. The normalized spacial score (nSPS) is 22.0. The lowest BCUT2D eigenvalue weighted by molar-refractivity contribution is -0.120. The molecule has 1 saturated carbocycles. The van der Waals surface area contributed by atoms with Crippen LogP contribution in [0.1, 0.15) is 44.1 Å². The summed E-state index contributed by atoms with van der Waals surface area (Å²) in [6, 6.07) is 5.81. The number of likely N-dealkylation sites (N-methyl/N-ethyl adjacent to an activating group) is 1. The molecule has 2 aromatic carbocycles. The van der Waals surface area contributed by atoms with E-state index in [1.807, 2.05) is 0 Å². The maximum Gasteiger partial charge on any atom is 0.264 e. The zero-order valence-corrected chi connectivity index (χ0v) is 19.8. The summed E-state index contributed by atoms with van der Waals surface area (Å²) in [5, 5.41) is 6.55. The molecule has 3 aliphatic rings. The molecule has 1 aliphatic carbocycles. The molecule has 2 aliphatic heterocycles. The average molecular weight is 491 g/mol. The highest BCUT2D eigenvalue weighted by Crippen LogP contribution is 2.52. The standard InChI is InChI=1S/C24H28F2N4O3S/c1-30-10-4-5-16(14-30)27-20-13-17(29-34(32,33)21-7-6-15(25)11-19(21)26)12-18-22(20)28-23(31)24(18)8-2-3-9-24/h6-7,11-13,16,27,29H,2-5,8-10,14H2,1H3,(H,28,31). The molecule has 2 fully saturated rings. The molecule has 182 valence electrons. The first-order chi connectivity index (χ1) is 16.2. The topological polar surface area (TPSA) is 90.5 Å². The lowest BCUT2D eigenvalue weighted by atomic mass is 9.80. The molecule has 3 N–H and O–H groups in total. The zero-order chi connectivity index (χ0) is 24.1. The number of carbonyl (C=O) groups is 1. The van der Waals surface area contributed by atoms with Crippen molar-refractivity contribution in [2.45, 2.75) is 54.9 Å². The molecule has 0 bridgehead atoms. The first-order valence-corrected chi connectivity index (χ1v) is 13.1. The van der Waals surface area contributed by atoms with Crippen molar-refractivity contribution in [3.63, 3.8) is 0 Å². The minimum Gasteiger partial charge on any atom is -0.379 e. The Balaban J connectivity index is 1.55. The van der Waals surface area contributed by atoms with Crippen LogP contribution in [0.15, 0.2) is 35.2 Å². The summed E-state index contributed by atoms with van der Waals surface area (Å²) < 4.78 is 56.0. The van der Waals surface area contributed by atoms with Crippen molar-refractivity contribution in [1.29, 1.82) is 0 Å². The minimum absolute atomic E-state index is 0.0617. The number of anilines is 3. The Hall–Kier alpha value is -2.72. The first-order valence-electron chi connectivity index (χ1n) is 11.6. The fraction of sp³-hybridized carbons (Fsp3) is 0.458. The lowest BCUT2D eigenvalue weighted by Crippen LogP contribution is -2.39. The third-order valence-electron chi connectivity index (χ3n) is 7.20. The third-order valence-corrected chi connectivity index (χ3v) is 8.62. The van der Waals surface area contributed by atoms with Crippen molar-refractivity contribution in [3.8, 4) is 0 Å². The number of hydrogen-bond donors (Lipinski definition) is 3. The highest BCUT2D eigenvalue weighted by molar-refractivity contribution is 7.92. The van der Waals surface area contributed by atoms with Crippen LogP contribution in [0.25, 0.3) is 0 Å². The number of piperidine rings is 1. The number of likely N-dealkylation sites (tertiary alicyclic amines) is 1. The number of halogens is 2. The van der Waals surface area contributed by atoms with Crippen molar-refractivity contribution in [2.24, 2.45) is 0 Å². The second-order valence-corrected chi connectivity index (χ2v) is 11.3. The van der Waals surface area contributed by atoms with Gasteiger partial charge in [0.1, 0.15) is 16.5 Å². The Morgan fingerprint density at radius 3 is 2.59 bits per heavy atom. The molecule has 1 atom stereocenters. The van der Waals surface area contributed by atoms with E-state index in [0.29, 0.717) is 30.3 Å². The highest BCUT2D eigenvalue weighted by atomic mass is 32.2. The number of amides is 1. The number of nitrogens with zero attached hydrogens (tertiary/aromatic N) is 1. The van der Waals surface area contributed by atoms with E-state index in [-0.39, 0.29) is 17.6 Å². The fourth-order valence-electron chi connectivity index (χ4n) is 5.56. The molecule has 10 heteroatoms. The Morgan fingerprint density at radius 2 is 1.88 bits per heavy atom. The van der Waals surface area contributed by atoms with Crippen LogP contribution in [0.3, 0.4) is 0 Å². The maximum absolute atomic E-state index is 14.3. The van der Waals surface area contributed by atoms with Crippen LogP contribution in [0.4, 0.5) is 25.8 Å². The van der Waals surface area contributed by atoms with E-state index >= 15 is 0 Å². The van der Waals surface area contributed by atoms with Crippen LogP contribution in [-0.2, 0) is 20.2 Å². The van der Waals surface area contributed by atoms with Crippen LogP contribution in [0, 0.1) is 11.6 Å². The summed E-state index contributed by atoms with van der Waals surface area (Å²) in [4.78, 5) is 14.7. The van der Waals surface area contributed by atoms with Crippen molar-refractivity contribution in [2.75, 3.05) is 35.5 Å². The van der Waals surface area contributed by atoms with E-state index in [1.165, 1.54) is 0 Å². The smallest absolute Gasteiger partial charge is 0.264 e. The maximum atomic E-state index is 14.3. The van der Waals surface area contributed by atoms with Gasteiger partial charge in [-0.15, -0.1) is 0 Å². The summed E-state index contributed by atoms with van der Waals surface area (Å²) in [7, 11) is -2.27. The molecule has 7 nitrogen and oxygen atoms in total. The number of rotatable bonds is 5.